The number of pyridine rings is 1. The van der Waals surface area contributed by atoms with Crippen molar-refractivity contribution in [1.82, 2.24) is 15.3 Å². The maximum atomic E-state index is 12.7. The number of fused-ring (bicyclic) bond motifs is 1. The molecule has 0 unspecified atom stereocenters. The number of anilines is 1. The minimum absolute atomic E-state index is 0.184. The highest BCUT2D eigenvalue weighted by Gasteiger charge is 2.13. The molecule has 1 amide bonds. The van der Waals surface area contributed by atoms with Gasteiger partial charge in [0.05, 0.1) is 0 Å². The molecule has 0 aliphatic rings. The number of aryl methyl sites for hydroxylation is 1. The van der Waals surface area contributed by atoms with Gasteiger partial charge in [-0.25, -0.2) is 4.98 Å². The third kappa shape index (κ3) is 5.39. The number of carbonyl (C=O) groups is 1. The monoisotopic (exact) mass is 494 g/mol. The van der Waals surface area contributed by atoms with Crippen LogP contribution in [-0.4, -0.2) is 21.0 Å². The van der Waals surface area contributed by atoms with Gasteiger partial charge in [0, 0.05) is 23.0 Å². The number of aromatic nitrogens is 2. The second kappa shape index (κ2) is 10.4. The van der Waals surface area contributed by atoms with Gasteiger partial charge >= 0.3 is 0 Å². The molecule has 0 radical (unpaired) electrons. The zero-order valence-electron chi connectivity index (χ0n) is 19.4. The molecular weight excluding hydrogens is 472 g/mol. The minimum Gasteiger partial charge on any atom is -0.489 e. The van der Waals surface area contributed by atoms with E-state index < -0.39 is 0 Å². The Morgan fingerprint density at radius 1 is 1.00 bits per heavy atom. The minimum atomic E-state index is -0.319. The van der Waals surface area contributed by atoms with E-state index in [-0.39, 0.29) is 11.0 Å². The number of amides is 1. The second-order valence-electron chi connectivity index (χ2n) is 8.08. The lowest BCUT2D eigenvalue weighted by atomic mass is 10.1. The first-order valence-electron chi connectivity index (χ1n) is 11.3. The van der Waals surface area contributed by atoms with Crippen molar-refractivity contribution in [3.05, 3.63) is 108 Å². The Balaban J connectivity index is 1.21. The number of nitrogens with one attached hydrogen (secondary N) is 2. The van der Waals surface area contributed by atoms with Crippen molar-refractivity contribution in [1.29, 1.82) is 0 Å². The zero-order valence-corrected chi connectivity index (χ0v) is 20.2. The maximum absolute atomic E-state index is 12.7. The molecule has 2 N–H and O–H groups in total. The standard InChI is InChI=1S/C28H22N4O3S/c1-18-9-10-21(27-31-25-24(35-27)8-5-15-29-25)16-23(18)30-28(36)32-26(33)20-11-13-22(14-12-20)34-17-19-6-3-2-4-7-19/h2-16H,17H2,1H3,(H2,30,32,33,36). The summed E-state index contributed by atoms with van der Waals surface area (Å²) in [5.41, 5.74) is 5.14. The molecular formula is C28H22N4O3S. The highest BCUT2D eigenvalue weighted by atomic mass is 32.1. The van der Waals surface area contributed by atoms with Crippen molar-refractivity contribution in [2.45, 2.75) is 13.5 Å². The fourth-order valence-electron chi connectivity index (χ4n) is 3.55. The van der Waals surface area contributed by atoms with E-state index in [0.29, 0.717) is 35.0 Å². The predicted molar refractivity (Wildman–Crippen MR) is 143 cm³/mol. The Kier molecular flexibility index (Phi) is 6.68. The van der Waals surface area contributed by atoms with E-state index >= 15 is 0 Å². The van der Waals surface area contributed by atoms with Crippen LogP contribution >= 0.6 is 12.2 Å². The van der Waals surface area contributed by atoms with Crippen molar-refractivity contribution in [2.75, 3.05) is 5.32 Å². The van der Waals surface area contributed by atoms with Gasteiger partial charge in [0.2, 0.25) is 5.89 Å². The molecule has 5 aromatic rings. The van der Waals surface area contributed by atoms with Gasteiger partial charge in [-0.1, -0.05) is 36.4 Å². The average molecular weight is 495 g/mol. The SMILES string of the molecule is Cc1ccc(-c2nc3ncccc3o2)cc1NC(=S)NC(=O)c1ccc(OCc2ccccc2)cc1. The summed E-state index contributed by atoms with van der Waals surface area (Å²) >= 11 is 5.39. The normalized spacial score (nSPS) is 10.7. The average Bonchev–Trinajstić information content (AvgIpc) is 3.34. The lowest BCUT2D eigenvalue weighted by Crippen LogP contribution is -2.34. The fraction of sp³-hybridized carbons (Fsp3) is 0.0714. The van der Waals surface area contributed by atoms with Gasteiger partial charge in [0.15, 0.2) is 16.3 Å². The summed E-state index contributed by atoms with van der Waals surface area (Å²) in [5.74, 6) is 0.815. The van der Waals surface area contributed by atoms with Crippen LogP contribution in [0.2, 0.25) is 0 Å². The summed E-state index contributed by atoms with van der Waals surface area (Å²) in [6.45, 7) is 2.40. The first kappa shape index (κ1) is 23.2. The molecule has 3 aromatic carbocycles. The summed E-state index contributed by atoms with van der Waals surface area (Å²) in [4.78, 5) is 21.3. The Morgan fingerprint density at radius 2 is 1.81 bits per heavy atom. The highest BCUT2D eigenvalue weighted by molar-refractivity contribution is 7.80. The maximum Gasteiger partial charge on any atom is 0.257 e. The molecule has 0 aliphatic heterocycles. The molecule has 8 heteroatoms. The van der Waals surface area contributed by atoms with Crippen molar-refractivity contribution in [2.24, 2.45) is 0 Å². The van der Waals surface area contributed by atoms with Gasteiger partial charge in [0.1, 0.15) is 12.4 Å². The number of nitrogens with zero attached hydrogens (tertiary/aromatic N) is 2. The van der Waals surface area contributed by atoms with Crippen LogP contribution in [0.15, 0.2) is 95.5 Å². The van der Waals surface area contributed by atoms with Gasteiger partial charge in [-0.05, 0) is 78.8 Å². The van der Waals surface area contributed by atoms with Crippen LogP contribution in [0.5, 0.6) is 5.75 Å². The van der Waals surface area contributed by atoms with Gasteiger partial charge in [-0.3, -0.25) is 10.1 Å². The van der Waals surface area contributed by atoms with Crippen molar-refractivity contribution in [3.63, 3.8) is 0 Å². The zero-order chi connectivity index (χ0) is 24.9. The quantitative estimate of drug-likeness (QED) is 0.284. The molecule has 178 valence electrons. The summed E-state index contributed by atoms with van der Waals surface area (Å²) in [5, 5.41) is 6.00. The van der Waals surface area contributed by atoms with Crippen LogP contribution < -0.4 is 15.4 Å². The predicted octanol–water partition coefficient (Wildman–Crippen LogP) is 5.90. The summed E-state index contributed by atoms with van der Waals surface area (Å²) in [6.07, 6.45) is 1.67. The number of oxazole rings is 1. The molecule has 2 heterocycles. The third-order valence-corrected chi connectivity index (χ3v) is 5.69. The van der Waals surface area contributed by atoms with Crippen LogP contribution in [0.1, 0.15) is 21.5 Å². The van der Waals surface area contributed by atoms with Crippen LogP contribution in [-0.2, 0) is 6.61 Å². The smallest absolute Gasteiger partial charge is 0.257 e. The molecule has 2 aromatic heterocycles. The van der Waals surface area contributed by atoms with E-state index in [1.807, 2.05) is 61.5 Å². The third-order valence-electron chi connectivity index (χ3n) is 5.49. The molecule has 0 atom stereocenters. The number of hydrogen-bond acceptors (Lipinski definition) is 6. The van der Waals surface area contributed by atoms with Gasteiger partial charge < -0.3 is 14.5 Å². The van der Waals surface area contributed by atoms with E-state index in [1.165, 1.54) is 0 Å². The highest BCUT2D eigenvalue weighted by Crippen LogP contribution is 2.27. The first-order chi connectivity index (χ1) is 17.5. The molecule has 0 saturated heterocycles. The summed E-state index contributed by atoms with van der Waals surface area (Å²) < 4.78 is 11.6. The lowest BCUT2D eigenvalue weighted by molar-refractivity contribution is 0.0977. The second-order valence-corrected chi connectivity index (χ2v) is 8.49. The molecule has 36 heavy (non-hydrogen) atoms. The number of rotatable bonds is 6. The Bertz CT molecular complexity index is 1500. The molecule has 5 rings (SSSR count). The van der Waals surface area contributed by atoms with E-state index in [4.69, 9.17) is 21.4 Å². The van der Waals surface area contributed by atoms with Gasteiger partial charge in [-0.15, -0.1) is 0 Å². The van der Waals surface area contributed by atoms with Gasteiger partial charge in [-0.2, -0.15) is 4.98 Å². The molecule has 0 saturated carbocycles. The first-order valence-corrected chi connectivity index (χ1v) is 11.7. The number of thiocarbonyl (C=S) groups is 1. The van der Waals surface area contributed by atoms with Gasteiger partial charge in [0.25, 0.3) is 5.91 Å². The largest absolute Gasteiger partial charge is 0.489 e. The van der Waals surface area contributed by atoms with Crippen LogP contribution in [0, 0.1) is 6.92 Å². The van der Waals surface area contributed by atoms with E-state index in [9.17, 15) is 4.79 Å². The molecule has 7 nitrogen and oxygen atoms in total. The molecule has 0 aliphatic carbocycles. The van der Waals surface area contributed by atoms with E-state index in [2.05, 4.69) is 20.6 Å². The molecule has 0 fully saturated rings. The van der Waals surface area contributed by atoms with E-state index in [1.54, 1.807) is 36.5 Å². The van der Waals surface area contributed by atoms with Crippen molar-refractivity contribution >= 4 is 40.2 Å². The topological polar surface area (TPSA) is 89.3 Å². The number of ether oxygens (including phenoxy) is 1. The lowest BCUT2D eigenvalue weighted by Gasteiger charge is -2.13. The Labute approximate surface area is 213 Å². The van der Waals surface area contributed by atoms with Crippen molar-refractivity contribution in [3.8, 4) is 17.2 Å². The Morgan fingerprint density at radius 3 is 2.58 bits per heavy atom. The fourth-order valence-corrected chi connectivity index (χ4v) is 3.76. The van der Waals surface area contributed by atoms with Crippen LogP contribution in [0.25, 0.3) is 22.7 Å². The van der Waals surface area contributed by atoms with E-state index in [0.717, 1.165) is 22.4 Å². The van der Waals surface area contributed by atoms with Crippen LogP contribution in [0.4, 0.5) is 5.69 Å². The van der Waals surface area contributed by atoms with Crippen molar-refractivity contribution < 1.29 is 13.9 Å². The Hall–Kier alpha value is -4.56. The number of hydrogen-bond donors (Lipinski definition) is 2. The summed E-state index contributed by atoms with van der Waals surface area (Å²) in [6, 6.07) is 26.1. The van der Waals surface area contributed by atoms with Crippen LogP contribution in [0.3, 0.4) is 0 Å². The number of benzene rings is 3. The number of carbonyl (C=O) groups excluding carboxylic acids is 1. The molecule has 0 bridgehead atoms. The molecule has 0 spiro atoms. The summed E-state index contributed by atoms with van der Waals surface area (Å²) in [7, 11) is 0.